The number of carbonyl (C=O) groups excluding carboxylic acids is 2. The SMILES string of the molecule is CC(=O)SCC(Cc1ccccc1C)N=C=O. The average molecular weight is 249 g/mol. The number of benzene rings is 1. The molecule has 0 heterocycles. The zero-order valence-electron chi connectivity index (χ0n) is 9.97. The van der Waals surface area contributed by atoms with Crippen molar-refractivity contribution in [3.63, 3.8) is 0 Å². The first kappa shape index (κ1) is 13.7. The summed E-state index contributed by atoms with van der Waals surface area (Å²) >= 11 is 1.19. The van der Waals surface area contributed by atoms with Crippen molar-refractivity contribution in [2.24, 2.45) is 4.99 Å². The maximum atomic E-state index is 10.9. The molecule has 17 heavy (non-hydrogen) atoms. The Morgan fingerprint density at radius 2 is 2.18 bits per heavy atom. The molecule has 1 aromatic rings. The predicted molar refractivity (Wildman–Crippen MR) is 69.9 cm³/mol. The minimum Gasteiger partial charge on any atom is -0.288 e. The summed E-state index contributed by atoms with van der Waals surface area (Å²) in [5.74, 6) is 0.527. The van der Waals surface area contributed by atoms with E-state index in [0.717, 1.165) is 5.56 Å². The summed E-state index contributed by atoms with van der Waals surface area (Å²) in [7, 11) is 0. The Morgan fingerprint density at radius 3 is 2.76 bits per heavy atom. The Kier molecular flexibility index (Phi) is 5.67. The van der Waals surface area contributed by atoms with Gasteiger partial charge in [0.2, 0.25) is 6.08 Å². The van der Waals surface area contributed by atoms with Crippen molar-refractivity contribution in [2.45, 2.75) is 26.3 Å². The highest BCUT2D eigenvalue weighted by molar-refractivity contribution is 8.13. The summed E-state index contributed by atoms with van der Waals surface area (Å²) in [4.78, 5) is 25.0. The van der Waals surface area contributed by atoms with E-state index in [1.807, 2.05) is 31.2 Å². The molecule has 90 valence electrons. The van der Waals surface area contributed by atoms with Crippen LogP contribution in [0.25, 0.3) is 0 Å². The smallest absolute Gasteiger partial charge is 0.235 e. The van der Waals surface area contributed by atoms with Crippen LogP contribution >= 0.6 is 11.8 Å². The molecule has 0 aliphatic carbocycles. The largest absolute Gasteiger partial charge is 0.288 e. The molecular formula is C13H15NO2S. The van der Waals surface area contributed by atoms with Crippen LogP contribution in [0.2, 0.25) is 0 Å². The van der Waals surface area contributed by atoms with Gasteiger partial charge in [0, 0.05) is 12.7 Å². The zero-order valence-corrected chi connectivity index (χ0v) is 10.8. The number of rotatable bonds is 5. The van der Waals surface area contributed by atoms with Crippen LogP contribution in [0.3, 0.4) is 0 Å². The fourth-order valence-corrected chi connectivity index (χ4v) is 2.14. The van der Waals surface area contributed by atoms with Gasteiger partial charge in [0.05, 0.1) is 6.04 Å². The lowest BCUT2D eigenvalue weighted by molar-refractivity contribution is -0.109. The molecule has 1 aromatic carbocycles. The lowest BCUT2D eigenvalue weighted by Crippen LogP contribution is -2.13. The predicted octanol–water partition coefficient (Wildman–Crippen LogP) is 2.52. The van der Waals surface area contributed by atoms with Gasteiger partial charge in [-0.05, 0) is 24.5 Å². The summed E-state index contributed by atoms with van der Waals surface area (Å²) in [5.41, 5.74) is 2.33. The van der Waals surface area contributed by atoms with Crippen LogP contribution in [0.4, 0.5) is 0 Å². The molecule has 1 rings (SSSR count). The summed E-state index contributed by atoms with van der Waals surface area (Å²) in [6, 6.07) is 7.79. The molecule has 0 bridgehead atoms. The fraction of sp³-hybridized carbons (Fsp3) is 0.385. The van der Waals surface area contributed by atoms with E-state index in [1.54, 1.807) is 6.08 Å². The van der Waals surface area contributed by atoms with Crippen molar-refractivity contribution in [1.82, 2.24) is 0 Å². The molecule has 0 fully saturated rings. The first-order chi connectivity index (χ1) is 8.13. The van der Waals surface area contributed by atoms with Gasteiger partial charge in [0.25, 0.3) is 0 Å². The Hall–Kier alpha value is -1.38. The normalized spacial score (nSPS) is 11.6. The lowest BCUT2D eigenvalue weighted by atomic mass is 10.0. The number of nitrogens with zero attached hydrogens (tertiary/aromatic N) is 1. The highest BCUT2D eigenvalue weighted by Gasteiger charge is 2.11. The van der Waals surface area contributed by atoms with Gasteiger partial charge in [-0.1, -0.05) is 36.0 Å². The standard InChI is InChI=1S/C13H15NO2S/c1-10-5-3-4-6-12(10)7-13(14-9-15)8-17-11(2)16/h3-6,13H,7-8H2,1-2H3. The number of hydrogen-bond acceptors (Lipinski definition) is 4. The molecule has 0 amide bonds. The third-order valence-corrected chi connectivity index (χ3v) is 3.39. The van der Waals surface area contributed by atoms with Crippen molar-refractivity contribution < 1.29 is 9.59 Å². The number of carbonyl (C=O) groups is 1. The van der Waals surface area contributed by atoms with Crippen LogP contribution in [0.15, 0.2) is 29.3 Å². The number of aryl methyl sites for hydroxylation is 1. The number of thioether (sulfide) groups is 1. The monoisotopic (exact) mass is 249 g/mol. The number of hydrogen-bond donors (Lipinski definition) is 0. The molecule has 0 spiro atoms. The van der Waals surface area contributed by atoms with E-state index in [1.165, 1.54) is 24.2 Å². The topological polar surface area (TPSA) is 46.5 Å². The molecule has 4 heteroatoms. The average Bonchev–Trinajstić information content (AvgIpc) is 2.29. The molecule has 3 nitrogen and oxygen atoms in total. The van der Waals surface area contributed by atoms with Crippen LogP contribution in [0.1, 0.15) is 18.1 Å². The van der Waals surface area contributed by atoms with Gasteiger partial charge in [0.1, 0.15) is 0 Å². The van der Waals surface area contributed by atoms with Gasteiger partial charge in [-0.25, -0.2) is 9.79 Å². The maximum absolute atomic E-state index is 10.9. The van der Waals surface area contributed by atoms with Crippen LogP contribution < -0.4 is 0 Å². The molecule has 1 atom stereocenters. The molecule has 0 saturated carbocycles. The fourth-order valence-electron chi connectivity index (χ4n) is 1.52. The van der Waals surface area contributed by atoms with Crippen molar-refractivity contribution in [3.05, 3.63) is 35.4 Å². The van der Waals surface area contributed by atoms with E-state index in [0.29, 0.717) is 12.2 Å². The summed E-state index contributed by atoms with van der Waals surface area (Å²) in [6.45, 7) is 3.54. The van der Waals surface area contributed by atoms with E-state index in [9.17, 15) is 9.59 Å². The van der Waals surface area contributed by atoms with Gasteiger partial charge < -0.3 is 0 Å². The highest BCUT2D eigenvalue weighted by atomic mass is 32.2. The van der Waals surface area contributed by atoms with Crippen molar-refractivity contribution in [2.75, 3.05) is 5.75 Å². The van der Waals surface area contributed by atoms with Crippen molar-refractivity contribution in [1.29, 1.82) is 0 Å². The molecule has 0 aliphatic heterocycles. The highest BCUT2D eigenvalue weighted by Crippen LogP contribution is 2.15. The van der Waals surface area contributed by atoms with Crippen LogP contribution in [-0.4, -0.2) is 23.0 Å². The molecule has 0 aromatic heterocycles. The molecule has 1 unspecified atom stereocenters. The summed E-state index contributed by atoms with van der Waals surface area (Å²) in [5, 5.41) is 0.0425. The number of isocyanates is 1. The first-order valence-corrected chi connectivity index (χ1v) is 6.37. The molecule has 0 saturated heterocycles. The van der Waals surface area contributed by atoms with Crippen molar-refractivity contribution >= 4 is 23.0 Å². The van der Waals surface area contributed by atoms with Crippen LogP contribution in [-0.2, 0) is 16.0 Å². The van der Waals surface area contributed by atoms with E-state index >= 15 is 0 Å². The minimum atomic E-state index is -0.178. The van der Waals surface area contributed by atoms with E-state index < -0.39 is 0 Å². The van der Waals surface area contributed by atoms with Gasteiger partial charge in [-0.2, -0.15) is 0 Å². The Balaban J connectivity index is 2.70. The zero-order chi connectivity index (χ0) is 12.7. The van der Waals surface area contributed by atoms with Gasteiger partial charge in [-0.15, -0.1) is 0 Å². The second-order valence-corrected chi connectivity index (χ2v) is 5.00. The minimum absolute atomic E-state index is 0.0425. The van der Waals surface area contributed by atoms with Crippen LogP contribution in [0.5, 0.6) is 0 Å². The molecular weight excluding hydrogens is 234 g/mol. The summed E-state index contributed by atoms with van der Waals surface area (Å²) in [6.07, 6.45) is 2.25. The second kappa shape index (κ2) is 7.05. The molecule has 0 aliphatic rings. The quantitative estimate of drug-likeness (QED) is 0.595. The van der Waals surface area contributed by atoms with E-state index in [4.69, 9.17) is 0 Å². The van der Waals surface area contributed by atoms with E-state index in [-0.39, 0.29) is 11.2 Å². The van der Waals surface area contributed by atoms with Gasteiger partial charge >= 0.3 is 0 Å². The third kappa shape index (κ3) is 4.98. The Labute approximate surface area is 105 Å². The third-order valence-electron chi connectivity index (χ3n) is 2.43. The van der Waals surface area contributed by atoms with E-state index in [2.05, 4.69) is 4.99 Å². The Bertz CT molecular complexity index is 439. The molecule has 0 N–H and O–H groups in total. The lowest BCUT2D eigenvalue weighted by Gasteiger charge is -2.11. The number of aliphatic imine (C=N–C) groups is 1. The Morgan fingerprint density at radius 1 is 1.47 bits per heavy atom. The van der Waals surface area contributed by atoms with Gasteiger partial charge in [-0.3, -0.25) is 4.79 Å². The second-order valence-electron chi connectivity index (χ2n) is 3.81. The van der Waals surface area contributed by atoms with Crippen LogP contribution in [0, 0.1) is 6.92 Å². The summed E-state index contributed by atoms with van der Waals surface area (Å²) < 4.78 is 0. The first-order valence-electron chi connectivity index (χ1n) is 5.38. The van der Waals surface area contributed by atoms with Crippen molar-refractivity contribution in [3.8, 4) is 0 Å². The van der Waals surface area contributed by atoms with Gasteiger partial charge in [0.15, 0.2) is 5.12 Å². The molecule has 0 radical (unpaired) electrons. The maximum Gasteiger partial charge on any atom is 0.235 e.